The van der Waals surface area contributed by atoms with Gasteiger partial charge in [0.2, 0.25) is 11.8 Å². The van der Waals surface area contributed by atoms with Crippen LogP contribution < -0.4 is 10.9 Å². The predicted octanol–water partition coefficient (Wildman–Crippen LogP) is 3.09. The molecular formula is C26H24ClN5O3. The van der Waals surface area contributed by atoms with Crippen LogP contribution in [0.1, 0.15) is 23.2 Å². The molecule has 0 spiro atoms. The number of amides is 2. The molecule has 0 bridgehead atoms. The van der Waals surface area contributed by atoms with E-state index >= 15 is 0 Å². The molecule has 0 saturated carbocycles. The van der Waals surface area contributed by atoms with Crippen LogP contribution in [0.25, 0.3) is 10.9 Å². The predicted molar refractivity (Wildman–Crippen MR) is 133 cm³/mol. The third-order valence-corrected chi connectivity index (χ3v) is 6.50. The first-order valence-electron chi connectivity index (χ1n) is 11.4. The van der Waals surface area contributed by atoms with E-state index in [1.54, 1.807) is 27.8 Å². The zero-order valence-electron chi connectivity index (χ0n) is 18.9. The molecule has 2 aromatic heterocycles. The lowest BCUT2D eigenvalue weighted by atomic mass is 10.1. The molecule has 2 aromatic carbocycles. The van der Waals surface area contributed by atoms with Gasteiger partial charge in [0, 0.05) is 42.2 Å². The number of fused-ring (bicyclic) bond motifs is 1. The van der Waals surface area contributed by atoms with E-state index in [4.69, 9.17) is 11.6 Å². The number of hydrogen-bond acceptors (Lipinski definition) is 4. The summed E-state index contributed by atoms with van der Waals surface area (Å²) in [4.78, 5) is 38.9. The minimum atomic E-state index is -0.402. The van der Waals surface area contributed by atoms with Gasteiger partial charge in [0.25, 0.3) is 5.56 Å². The van der Waals surface area contributed by atoms with Gasteiger partial charge in [-0.15, -0.1) is 0 Å². The molecule has 35 heavy (non-hydrogen) atoms. The number of nitrogens with zero attached hydrogens (tertiary/aromatic N) is 3. The van der Waals surface area contributed by atoms with Gasteiger partial charge < -0.3 is 14.8 Å². The lowest BCUT2D eigenvalue weighted by molar-refractivity contribution is -0.129. The molecule has 1 unspecified atom stereocenters. The van der Waals surface area contributed by atoms with Crippen molar-refractivity contribution < 1.29 is 9.59 Å². The Labute approximate surface area is 206 Å². The van der Waals surface area contributed by atoms with Crippen molar-refractivity contribution in [2.24, 2.45) is 5.92 Å². The molecule has 1 fully saturated rings. The number of pyridine rings is 1. The van der Waals surface area contributed by atoms with Crippen molar-refractivity contribution in [2.45, 2.75) is 26.1 Å². The highest BCUT2D eigenvalue weighted by Gasteiger charge is 2.34. The van der Waals surface area contributed by atoms with Gasteiger partial charge in [-0.2, -0.15) is 5.10 Å². The quantitative estimate of drug-likeness (QED) is 0.416. The maximum Gasteiger partial charge on any atom is 0.250 e. The SMILES string of the molecule is O=C(NCc1n[nH]c2ccc(Cl)cc12)C1CC(=O)N(Cc2ccc(Cn3ccccc3=O)cc2)C1. The van der Waals surface area contributed by atoms with Crippen molar-refractivity contribution in [3.8, 4) is 0 Å². The molecule has 2 amide bonds. The van der Waals surface area contributed by atoms with E-state index in [9.17, 15) is 14.4 Å². The van der Waals surface area contributed by atoms with E-state index in [2.05, 4.69) is 15.5 Å². The van der Waals surface area contributed by atoms with Crippen LogP contribution in [0.5, 0.6) is 0 Å². The Morgan fingerprint density at radius 2 is 1.83 bits per heavy atom. The van der Waals surface area contributed by atoms with Crippen LogP contribution >= 0.6 is 11.6 Å². The molecule has 9 heteroatoms. The monoisotopic (exact) mass is 489 g/mol. The van der Waals surface area contributed by atoms with Crippen molar-refractivity contribution in [3.05, 3.63) is 99.1 Å². The summed E-state index contributed by atoms with van der Waals surface area (Å²) in [5.41, 5.74) is 3.48. The fraction of sp³-hybridized carbons (Fsp3) is 0.231. The van der Waals surface area contributed by atoms with Gasteiger partial charge in [-0.05, 0) is 35.4 Å². The third-order valence-electron chi connectivity index (χ3n) is 6.27. The number of hydrogen-bond donors (Lipinski definition) is 2. The summed E-state index contributed by atoms with van der Waals surface area (Å²) in [5, 5.41) is 11.6. The van der Waals surface area contributed by atoms with Gasteiger partial charge >= 0.3 is 0 Å². The van der Waals surface area contributed by atoms with Crippen LogP contribution in [0, 0.1) is 5.92 Å². The van der Waals surface area contributed by atoms with Crippen molar-refractivity contribution in [2.75, 3.05) is 6.54 Å². The van der Waals surface area contributed by atoms with Gasteiger partial charge in [-0.25, -0.2) is 0 Å². The fourth-order valence-corrected chi connectivity index (χ4v) is 4.52. The van der Waals surface area contributed by atoms with Gasteiger partial charge in [0.05, 0.1) is 30.2 Å². The minimum absolute atomic E-state index is 0.0398. The average Bonchev–Trinajstić information content (AvgIpc) is 3.43. The number of carbonyl (C=O) groups is 2. The molecule has 0 radical (unpaired) electrons. The molecule has 8 nitrogen and oxygen atoms in total. The summed E-state index contributed by atoms with van der Waals surface area (Å²) >= 11 is 6.08. The highest BCUT2D eigenvalue weighted by Crippen LogP contribution is 2.23. The lowest BCUT2D eigenvalue weighted by Crippen LogP contribution is -2.32. The molecule has 2 N–H and O–H groups in total. The van der Waals surface area contributed by atoms with Crippen molar-refractivity contribution >= 4 is 34.3 Å². The van der Waals surface area contributed by atoms with Crippen LogP contribution in [0.4, 0.5) is 0 Å². The maximum absolute atomic E-state index is 12.8. The van der Waals surface area contributed by atoms with Gasteiger partial charge in [-0.3, -0.25) is 19.5 Å². The molecular weight excluding hydrogens is 466 g/mol. The molecule has 4 aromatic rings. The van der Waals surface area contributed by atoms with Gasteiger partial charge in [0.1, 0.15) is 0 Å². The number of likely N-dealkylation sites (tertiary alicyclic amines) is 1. The second-order valence-corrected chi connectivity index (χ2v) is 9.17. The first-order valence-corrected chi connectivity index (χ1v) is 11.8. The second kappa shape index (κ2) is 9.76. The Morgan fingerprint density at radius 1 is 1.06 bits per heavy atom. The molecule has 0 aliphatic carbocycles. The molecule has 5 rings (SSSR count). The third kappa shape index (κ3) is 5.12. The number of benzene rings is 2. The number of aromatic amines is 1. The molecule has 1 atom stereocenters. The van der Waals surface area contributed by atoms with E-state index in [0.29, 0.717) is 30.4 Å². The average molecular weight is 490 g/mol. The van der Waals surface area contributed by atoms with Crippen molar-refractivity contribution in [1.82, 2.24) is 25.0 Å². The number of aromatic nitrogens is 3. The van der Waals surface area contributed by atoms with E-state index < -0.39 is 5.92 Å². The Kier molecular flexibility index (Phi) is 6.37. The molecule has 178 valence electrons. The van der Waals surface area contributed by atoms with Crippen LogP contribution in [-0.2, 0) is 29.2 Å². The van der Waals surface area contributed by atoms with Crippen LogP contribution in [0.3, 0.4) is 0 Å². The largest absolute Gasteiger partial charge is 0.350 e. The molecule has 1 aliphatic rings. The Bertz CT molecular complexity index is 1440. The van der Waals surface area contributed by atoms with Gasteiger partial charge in [-0.1, -0.05) is 41.9 Å². The van der Waals surface area contributed by atoms with E-state index in [1.807, 2.05) is 42.5 Å². The maximum atomic E-state index is 12.8. The molecule has 1 saturated heterocycles. The Hall–Kier alpha value is -3.91. The summed E-state index contributed by atoms with van der Waals surface area (Å²) in [6.07, 6.45) is 1.95. The topological polar surface area (TPSA) is 100 Å². The summed E-state index contributed by atoms with van der Waals surface area (Å²) in [6, 6.07) is 18.3. The normalized spacial score (nSPS) is 15.6. The summed E-state index contributed by atoms with van der Waals surface area (Å²) in [5.74, 6) is -0.606. The van der Waals surface area contributed by atoms with Gasteiger partial charge in [0.15, 0.2) is 0 Å². The van der Waals surface area contributed by atoms with Crippen LogP contribution in [0.15, 0.2) is 71.7 Å². The van der Waals surface area contributed by atoms with E-state index in [-0.39, 0.29) is 30.3 Å². The zero-order chi connectivity index (χ0) is 24.4. The van der Waals surface area contributed by atoms with Crippen LogP contribution in [0.2, 0.25) is 5.02 Å². The Morgan fingerprint density at radius 3 is 2.60 bits per heavy atom. The smallest absolute Gasteiger partial charge is 0.250 e. The first-order chi connectivity index (χ1) is 17.0. The van der Waals surface area contributed by atoms with E-state index in [0.717, 1.165) is 22.0 Å². The molecule has 1 aliphatic heterocycles. The highest BCUT2D eigenvalue weighted by atomic mass is 35.5. The minimum Gasteiger partial charge on any atom is -0.350 e. The molecule has 3 heterocycles. The number of H-pyrrole nitrogens is 1. The number of carbonyl (C=O) groups excluding carboxylic acids is 2. The Balaban J connectivity index is 1.16. The van der Waals surface area contributed by atoms with E-state index in [1.165, 1.54) is 6.07 Å². The number of rotatable bonds is 7. The summed E-state index contributed by atoms with van der Waals surface area (Å²) < 4.78 is 1.64. The summed E-state index contributed by atoms with van der Waals surface area (Å²) in [7, 11) is 0. The first kappa shape index (κ1) is 22.9. The standard InChI is InChI=1S/C26H24ClN5O3/c27-20-8-9-22-21(12-20)23(30-29-22)13-28-26(35)19-11-25(34)32(16-19)15-18-6-4-17(5-7-18)14-31-10-2-1-3-24(31)33/h1-10,12,19H,11,13-16H2,(H,28,35)(H,29,30). The highest BCUT2D eigenvalue weighted by molar-refractivity contribution is 6.31. The van der Waals surface area contributed by atoms with Crippen molar-refractivity contribution in [3.63, 3.8) is 0 Å². The van der Waals surface area contributed by atoms with Crippen LogP contribution in [-0.4, -0.2) is 38.0 Å². The zero-order valence-corrected chi connectivity index (χ0v) is 19.7. The lowest BCUT2D eigenvalue weighted by Gasteiger charge is -2.17. The number of halogens is 1. The fourth-order valence-electron chi connectivity index (χ4n) is 4.35. The summed E-state index contributed by atoms with van der Waals surface area (Å²) in [6.45, 7) is 1.56. The number of nitrogens with one attached hydrogen (secondary N) is 2. The second-order valence-electron chi connectivity index (χ2n) is 8.74. The van der Waals surface area contributed by atoms with Crippen molar-refractivity contribution in [1.29, 1.82) is 0 Å².